The van der Waals surface area contributed by atoms with Crippen molar-refractivity contribution in [1.29, 1.82) is 0 Å². The molecule has 9 nitrogen and oxygen atoms in total. The summed E-state index contributed by atoms with van der Waals surface area (Å²) in [7, 11) is -14.9. The molecule has 1 aliphatic rings. The van der Waals surface area contributed by atoms with Crippen molar-refractivity contribution in [1.82, 2.24) is 0 Å². The number of hydrogen-bond donors (Lipinski definition) is 4. The summed E-state index contributed by atoms with van der Waals surface area (Å²) >= 11 is 0. The number of rotatable bonds is 1. The third-order valence-electron chi connectivity index (χ3n) is 2.39. The lowest BCUT2D eigenvalue weighted by Crippen LogP contribution is -2.41. The molecule has 12 heteroatoms. The van der Waals surface area contributed by atoms with Crippen LogP contribution in [-0.2, 0) is 22.7 Å². The predicted octanol–water partition coefficient (Wildman–Crippen LogP) is 0.991. The van der Waals surface area contributed by atoms with Gasteiger partial charge in [-0.15, -0.1) is 0 Å². The highest BCUT2D eigenvalue weighted by molar-refractivity contribution is 7.74. The molecule has 0 aromatic rings. The van der Waals surface area contributed by atoms with Gasteiger partial charge in [0.05, 0.1) is 0 Å². The zero-order valence-electron chi connectivity index (χ0n) is 9.17. The van der Waals surface area contributed by atoms with Crippen molar-refractivity contribution in [2.24, 2.45) is 0 Å². The van der Waals surface area contributed by atoms with Crippen LogP contribution >= 0.6 is 22.8 Å². The van der Waals surface area contributed by atoms with E-state index in [1.807, 2.05) is 0 Å². The monoisotopic (exact) mass is 310 g/mol. The lowest BCUT2D eigenvalue weighted by molar-refractivity contribution is 0.0392. The van der Waals surface area contributed by atoms with Gasteiger partial charge in [-0.3, -0.25) is 22.7 Å². The highest BCUT2D eigenvalue weighted by Gasteiger charge is 2.70. The van der Waals surface area contributed by atoms with Crippen LogP contribution in [0.5, 0.6) is 0 Å². The summed E-state index contributed by atoms with van der Waals surface area (Å²) in [6, 6.07) is 0. The van der Waals surface area contributed by atoms with Gasteiger partial charge in [-0.1, -0.05) is 0 Å². The highest BCUT2D eigenvalue weighted by Crippen LogP contribution is 2.83. The van der Waals surface area contributed by atoms with E-state index in [1.165, 1.54) is 0 Å². The Balaban J connectivity index is 3.45. The first-order chi connectivity index (χ1) is 7.16. The van der Waals surface area contributed by atoms with Crippen molar-refractivity contribution >= 4 is 22.8 Å². The van der Waals surface area contributed by atoms with Crippen molar-refractivity contribution < 1.29 is 42.3 Å². The Morgan fingerprint density at radius 3 is 1.76 bits per heavy atom. The van der Waals surface area contributed by atoms with Crippen molar-refractivity contribution in [2.75, 3.05) is 0 Å². The summed E-state index contributed by atoms with van der Waals surface area (Å²) in [6.45, 7) is 2.58. The van der Waals surface area contributed by atoms with Gasteiger partial charge in [-0.2, -0.15) is 0 Å². The van der Waals surface area contributed by atoms with Crippen LogP contribution in [0.2, 0.25) is 0 Å². The lowest BCUT2D eigenvalue weighted by Gasteiger charge is -2.45. The molecule has 1 saturated heterocycles. The third-order valence-corrected chi connectivity index (χ3v) is 9.44. The Bertz CT molecular complexity index is 477. The summed E-state index contributed by atoms with van der Waals surface area (Å²) in [6.07, 6.45) is 0. The van der Waals surface area contributed by atoms with Crippen LogP contribution in [0.4, 0.5) is 0 Å². The first kappa shape index (κ1) is 15.5. The molecule has 0 saturated carbocycles. The van der Waals surface area contributed by atoms with Crippen LogP contribution in [0, 0.1) is 0 Å². The van der Waals surface area contributed by atoms with E-state index in [1.54, 1.807) is 0 Å². The van der Waals surface area contributed by atoms with E-state index in [2.05, 4.69) is 9.05 Å². The molecule has 0 amide bonds. The Hall–Kier alpha value is 0.450. The van der Waals surface area contributed by atoms with Crippen molar-refractivity contribution in [3.05, 3.63) is 0 Å². The molecule has 1 fully saturated rings. The SMILES string of the molecule is CC1(C)OP(=O)(O)C(C)(P(=O)(O)O)OP1(=O)O. The molecule has 0 aliphatic carbocycles. The first-order valence-corrected chi connectivity index (χ1v) is 9.06. The highest BCUT2D eigenvalue weighted by atomic mass is 31.2. The second-order valence-corrected chi connectivity index (χ2v) is 10.8. The van der Waals surface area contributed by atoms with E-state index in [9.17, 15) is 23.5 Å². The van der Waals surface area contributed by atoms with E-state index in [-0.39, 0.29) is 0 Å². The van der Waals surface area contributed by atoms with Gasteiger partial charge in [0.25, 0.3) is 5.08 Å². The van der Waals surface area contributed by atoms with Crippen LogP contribution in [0.3, 0.4) is 0 Å². The van der Waals surface area contributed by atoms with Crippen molar-refractivity contribution in [3.63, 3.8) is 0 Å². The molecule has 3 unspecified atom stereocenters. The minimum Gasteiger partial charge on any atom is -0.322 e. The molecular formula is C5H13O9P3. The summed E-state index contributed by atoms with van der Waals surface area (Å²) in [5, 5.41) is -5.09. The predicted molar refractivity (Wildman–Crippen MR) is 56.3 cm³/mol. The van der Waals surface area contributed by atoms with Crippen LogP contribution in [0.1, 0.15) is 20.8 Å². The molecule has 0 spiro atoms. The molecular weight excluding hydrogens is 297 g/mol. The Morgan fingerprint density at radius 1 is 1.00 bits per heavy atom. The van der Waals surface area contributed by atoms with E-state index in [4.69, 9.17) is 9.79 Å². The van der Waals surface area contributed by atoms with Crippen molar-refractivity contribution in [2.45, 2.75) is 31.2 Å². The standard InChI is InChI=1S/C5H13O9P3/c1-4(2)13-17(11,12)5(3,15(6,7)8)14-16(4,9)10/h1-3H3,(H,9,10)(H,11,12)(H2,6,7,8). The Kier molecular flexibility index (Phi) is 3.40. The molecule has 0 aromatic heterocycles. The van der Waals surface area contributed by atoms with Gasteiger partial charge < -0.3 is 19.6 Å². The summed E-state index contributed by atoms with van der Waals surface area (Å²) in [5.41, 5.74) is 0. The van der Waals surface area contributed by atoms with E-state index in [0.717, 1.165) is 13.8 Å². The fraction of sp³-hybridized carbons (Fsp3) is 1.00. The quantitative estimate of drug-likeness (QED) is 0.519. The molecule has 3 atom stereocenters. The molecule has 102 valence electrons. The van der Waals surface area contributed by atoms with Crippen LogP contribution < -0.4 is 0 Å². The molecule has 1 rings (SSSR count). The Morgan fingerprint density at radius 2 is 1.41 bits per heavy atom. The van der Waals surface area contributed by atoms with Crippen LogP contribution in [0.15, 0.2) is 0 Å². The van der Waals surface area contributed by atoms with Gasteiger partial charge in [0.1, 0.15) is 0 Å². The van der Waals surface area contributed by atoms with Gasteiger partial charge in [-0.05, 0) is 20.8 Å². The van der Waals surface area contributed by atoms with E-state index in [0.29, 0.717) is 6.92 Å². The fourth-order valence-electron chi connectivity index (χ4n) is 1.05. The Labute approximate surface area is 97.0 Å². The van der Waals surface area contributed by atoms with E-state index >= 15 is 0 Å². The van der Waals surface area contributed by atoms with Crippen molar-refractivity contribution in [3.8, 4) is 0 Å². The maximum atomic E-state index is 11.7. The van der Waals surface area contributed by atoms with Gasteiger partial charge in [-0.25, -0.2) is 0 Å². The topological polar surface area (TPSA) is 151 Å². The second-order valence-electron chi connectivity index (χ2n) is 4.15. The summed E-state index contributed by atoms with van der Waals surface area (Å²) in [5.74, 6) is 0. The largest absolute Gasteiger partial charge is 0.373 e. The minimum absolute atomic E-state index is 0.562. The molecule has 1 heterocycles. The van der Waals surface area contributed by atoms with Gasteiger partial charge >= 0.3 is 22.8 Å². The molecule has 17 heavy (non-hydrogen) atoms. The van der Waals surface area contributed by atoms with Gasteiger partial charge in [0.2, 0.25) is 0 Å². The van der Waals surface area contributed by atoms with Crippen LogP contribution in [-0.4, -0.2) is 30.0 Å². The molecule has 0 radical (unpaired) electrons. The molecule has 1 aliphatic heterocycles. The zero-order chi connectivity index (χ0) is 13.9. The van der Waals surface area contributed by atoms with Gasteiger partial charge in [0, 0.05) is 0 Å². The normalized spacial score (nSPS) is 46.8. The molecule has 4 N–H and O–H groups in total. The minimum atomic E-state index is -5.30. The molecule has 0 aromatic carbocycles. The summed E-state index contributed by atoms with van der Waals surface area (Å²) in [4.78, 5) is 36.9. The zero-order valence-corrected chi connectivity index (χ0v) is 11.9. The first-order valence-electron chi connectivity index (χ1n) is 4.29. The third kappa shape index (κ3) is 2.21. The smallest absolute Gasteiger partial charge is 0.322 e. The number of hydrogen-bond acceptors (Lipinski definition) is 5. The fourth-order valence-corrected chi connectivity index (χ4v) is 6.20. The maximum Gasteiger partial charge on any atom is 0.373 e. The second kappa shape index (κ2) is 3.73. The van der Waals surface area contributed by atoms with E-state index < -0.39 is 33.2 Å². The molecule has 0 bridgehead atoms. The summed E-state index contributed by atoms with van der Waals surface area (Å²) < 4.78 is 43.4. The lowest BCUT2D eigenvalue weighted by atomic mass is 10.5. The van der Waals surface area contributed by atoms with Gasteiger partial charge in [0.15, 0.2) is 5.34 Å². The average molecular weight is 310 g/mol. The maximum absolute atomic E-state index is 11.7. The average Bonchev–Trinajstić information content (AvgIpc) is 1.95. The van der Waals surface area contributed by atoms with Crippen LogP contribution in [0.25, 0.3) is 0 Å².